The molecule has 0 spiro atoms. The van der Waals surface area contributed by atoms with Crippen LogP contribution in [0.4, 0.5) is 0 Å². The molecule has 1 heterocycles. The van der Waals surface area contributed by atoms with Gasteiger partial charge in [0.2, 0.25) is 10.0 Å². The van der Waals surface area contributed by atoms with Crippen LogP contribution >= 0.6 is 0 Å². The molecular formula is C10H22N2O3S. The van der Waals surface area contributed by atoms with Crippen molar-refractivity contribution in [2.24, 2.45) is 0 Å². The monoisotopic (exact) mass is 250 g/mol. The number of sulfonamides is 1. The molecule has 96 valence electrons. The maximum Gasteiger partial charge on any atom is 0.213 e. The Balaban J connectivity index is 2.11. The number of ether oxygens (including phenoxy) is 1. The Hall–Kier alpha value is -0.170. The summed E-state index contributed by atoms with van der Waals surface area (Å²) in [5.74, 6) is 0. The number of nitrogens with one attached hydrogen (secondary N) is 1. The summed E-state index contributed by atoms with van der Waals surface area (Å²) in [5, 5.41) is -0.351. The van der Waals surface area contributed by atoms with Crippen molar-refractivity contribution in [1.82, 2.24) is 9.62 Å². The molecular weight excluding hydrogens is 228 g/mol. The van der Waals surface area contributed by atoms with Gasteiger partial charge in [0.1, 0.15) is 0 Å². The predicted octanol–water partition coefficient (Wildman–Crippen LogP) is 0.0365. The fourth-order valence-corrected chi connectivity index (χ4v) is 2.27. The average Bonchev–Trinajstić information content (AvgIpc) is 2.26. The van der Waals surface area contributed by atoms with Crippen LogP contribution in [-0.2, 0) is 14.8 Å². The molecule has 0 aromatic carbocycles. The van der Waals surface area contributed by atoms with Gasteiger partial charge in [-0.25, -0.2) is 13.1 Å². The van der Waals surface area contributed by atoms with Crippen molar-refractivity contribution in [3.05, 3.63) is 0 Å². The number of hydrogen-bond donors (Lipinski definition) is 1. The van der Waals surface area contributed by atoms with Crippen LogP contribution in [0.3, 0.4) is 0 Å². The molecule has 0 amide bonds. The molecule has 1 saturated heterocycles. The molecule has 1 rings (SSSR count). The van der Waals surface area contributed by atoms with Gasteiger partial charge in [0.05, 0.1) is 18.5 Å². The van der Waals surface area contributed by atoms with E-state index in [-0.39, 0.29) is 5.25 Å². The summed E-state index contributed by atoms with van der Waals surface area (Å²) in [5.41, 5.74) is 0. The minimum atomic E-state index is -3.09. The number of rotatable bonds is 6. The molecule has 0 unspecified atom stereocenters. The normalized spacial score (nSPS) is 19.2. The van der Waals surface area contributed by atoms with Crippen LogP contribution in [0.15, 0.2) is 0 Å². The fourth-order valence-electron chi connectivity index (χ4n) is 1.51. The third-order valence-electron chi connectivity index (χ3n) is 2.68. The molecule has 0 aliphatic carbocycles. The summed E-state index contributed by atoms with van der Waals surface area (Å²) >= 11 is 0. The van der Waals surface area contributed by atoms with Gasteiger partial charge in [-0.2, -0.15) is 0 Å². The van der Waals surface area contributed by atoms with E-state index < -0.39 is 10.0 Å². The van der Waals surface area contributed by atoms with Crippen molar-refractivity contribution >= 4 is 10.0 Å². The minimum Gasteiger partial charge on any atom is -0.379 e. The Morgan fingerprint density at radius 2 is 1.94 bits per heavy atom. The Bertz CT molecular complexity index is 284. The first kappa shape index (κ1) is 13.9. The second-order valence-electron chi connectivity index (χ2n) is 4.30. The fraction of sp³-hybridized carbons (Fsp3) is 1.00. The van der Waals surface area contributed by atoms with Crippen LogP contribution in [0, 0.1) is 0 Å². The lowest BCUT2D eigenvalue weighted by atomic mass is 10.3. The maximum atomic E-state index is 11.4. The van der Waals surface area contributed by atoms with Crippen LogP contribution in [0.5, 0.6) is 0 Å². The van der Waals surface area contributed by atoms with Crippen molar-refractivity contribution < 1.29 is 13.2 Å². The third-order valence-corrected chi connectivity index (χ3v) is 4.53. The quantitative estimate of drug-likeness (QED) is 0.676. The van der Waals surface area contributed by atoms with Gasteiger partial charge in [-0.1, -0.05) is 0 Å². The molecule has 1 N–H and O–H groups in total. The van der Waals surface area contributed by atoms with E-state index in [0.29, 0.717) is 6.54 Å². The highest BCUT2D eigenvalue weighted by molar-refractivity contribution is 7.90. The second-order valence-corrected chi connectivity index (χ2v) is 6.62. The molecule has 0 bridgehead atoms. The van der Waals surface area contributed by atoms with Gasteiger partial charge >= 0.3 is 0 Å². The molecule has 0 aromatic rings. The molecule has 0 saturated carbocycles. The highest BCUT2D eigenvalue weighted by atomic mass is 32.2. The van der Waals surface area contributed by atoms with Crippen LogP contribution in [0.1, 0.15) is 20.3 Å². The van der Waals surface area contributed by atoms with Gasteiger partial charge in [-0.05, 0) is 26.8 Å². The van der Waals surface area contributed by atoms with E-state index in [1.165, 1.54) is 0 Å². The topological polar surface area (TPSA) is 58.6 Å². The summed E-state index contributed by atoms with van der Waals surface area (Å²) in [7, 11) is -3.09. The highest BCUT2D eigenvalue weighted by Gasteiger charge is 2.15. The smallest absolute Gasteiger partial charge is 0.213 e. The number of nitrogens with zero attached hydrogens (tertiary/aromatic N) is 1. The van der Waals surface area contributed by atoms with E-state index in [2.05, 4.69) is 9.62 Å². The molecule has 0 aromatic heterocycles. The van der Waals surface area contributed by atoms with Crippen molar-refractivity contribution in [1.29, 1.82) is 0 Å². The molecule has 5 nitrogen and oxygen atoms in total. The van der Waals surface area contributed by atoms with Gasteiger partial charge < -0.3 is 4.74 Å². The molecule has 1 fully saturated rings. The molecule has 0 radical (unpaired) electrons. The van der Waals surface area contributed by atoms with Gasteiger partial charge in [0.25, 0.3) is 0 Å². The van der Waals surface area contributed by atoms with Crippen LogP contribution in [0.25, 0.3) is 0 Å². The van der Waals surface area contributed by atoms with Crippen LogP contribution < -0.4 is 4.72 Å². The molecule has 0 atom stereocenters. The molecule has 16 heavy (non-hydrogen) atoms. The van der Waals surface area contributed by atoms with Gasteiger partial charge in [-0.3, -0.25) is 4.90 Å². The Morgan fingerprint density at radius 1 is 1.31 bits per heavy atom. The third kappa shape index (κ3) is 4.78. The zero-order chi connectivity index (χ0) is 12.0. The largest absolute Gasteiger partial charge is 0.379 e. The second kappa shape index (κ2) is 6.54. The first-order chi connectivity index (χ1) is 7.52. The standard InChI is InChI=1S/C10H22N2O3S/c1-10(2)16(13,14)11-4-3-5-12-6-8-15-9-7-12/h10-11H,3-9H2,1-2H3. The summed E-state index contributed by atoms with van der Waals surface area (Å²) in [6.45, 7) is 8.32. The van der Waals surface area contributed by atoms with E-state index in [0.717, 1.165) is 39.3 Å². The molecule has 1 aliphatic heterocycles. The van der Waals surface area contributed by atoms with E-state index in [9.17, 15) is 8.42 Å². The van der Waals surface area contributed by atoms with Crippen molar-refractivity contribution in [3.63, 3.8) is 0 Å². The Morgan fingerprint density at radius 3 is 2.50 bits per heavy atom. The van der Waals surface area contributed by atoms with Crippen LogP contribution in [-0.4, -0.2) is 58.0 Å². The van der Waals surface area contributed by atoms with E-state index >= 15 is 0 Å². The zero-order valence-corrected chi connectivity index (χ0v) is 10.9. The zero-order valence-electron chi connectivity index (χ0n) is 10.1. The lowest BCUT2D eigenvalue weighted by molar-refractivity contribution is 0.0376. The van der Waals surface area contributed by atoms with Gasteiger partial charge in [0, 0.05) is 19.6 Å². The molecule has 1 aliphatic rings. The maximum absolute atomic E-state index is 11.4. The van der Waals surface area contributed by atoms with E-state index in [1.807, 2.05) is 0 Å². The van der Waals surface area contributed by atoms with E-state index in [1.54, 1.807) is 13.8 Å². The summed E-state index contributed by atoms with van der Waals surface area (Å²) in [4.78, 5) is 2.30. The molecule has 6 heteroatoms. The first-order valence-corrected chi connectivity index (χ1v) is 7.35. The first-order valence-electron chi connectivity index (χ1n) is 5.81. The Kier molecular flexibility index (Phi) is 5.68. The van der Waals surface area contributed by atoms with Crippen LogP contribution in [0.2, 0.25) is 0 Å². The van der Waals surface area contributed by atoms with Crippen molar-refractivity contribution in [2.45, 2.75) is 25.5 Å². The highest BCUT2D eigenvalue weighted by Crippen LogP contribution is 1.99. The van der Waals surface area contributed by atoms with E-state index in [4.69, 9.17) is 4.74 Å². The minimum absolute atomic E-state index is 0.351. The predicted molar refractivity (Wildman–Crippen MR) is 63.9 cm³/mol. The van der Waals surface area contributed by atoms with Crippen molar-refractivity contribution in [3.8, 4) is 0 Å². The summed E-state index contributed by atoms with van der Waals surface area (Å²) in [6.07, 6.45) is 0.853. The number of hydrogen-bond acceptors (Lipinski definition) is 4. The lowest BCUT2D eigenvalue weighted by Crippen LogP contribution is -2.38. The summed E-state index contributed by atoms with van der Waals surface area (Å²) < 4.78 is 30.7. The number of morpholine rings is 1. The lowest BCUT2D eigenvalue weighted by Gasteiger charge is -2.26. The average molecular weight is 250 g/mol. The summed E-state index contributed by atoms with van der Waals surface area (Å²) in [6, 6.07) is 0. The Labute approximate surface area is 98.2 Å². The SMILES string of the molecule is CC(C)S(=O)(=O)NCCCN1CCOCC1. The van der Waals surface area contributed by atoms with Crippen molar-refractivity contribution in [2.75, 3.05) is 39.4 Å². The van der Waals surface area contributed by atoms with Gasteiger partial charge in [0.15, 0.2) is 0 Å². The van der Waals surface area contributed by atoms with Gasteiger partial charge in [-0.15, -0.1) is 0 Å².